The number of hydrogen-bond donors (Lipinski definition) is 1. The lowest BCUT2D eigenvalue weighted by atomic mass is 10.1. The maximum atomic E-state index is 4.34. The van der Waals surface area contributed by atoms with Crippen molar-refractivity contribution >= 4 is 0 Å². The predicted octanol–water partition coefficient (Wildman–Crippen LogP) is 1.44. The molecule has 8 nitrogen and oxygen atoms in total. The van der Waals surface area contributed by atoms with E-state index in [-0.39, 0.29) is 6.04 Å². The molecule has 0 saturated carbocycles. The quantitative estimate of drug-likeness (QED) is 0.764. The molecule has 1 aromatic carbocycles. The van der Waals surface area contributed by atoms with Crippen molar-refractivity contribution in [1.82, 2.24) is 40.3 Å². The Morgan fingerprint density at radius 3 is 2.83 bits per heavy atom. The first kappa shape index (κ1) is 14.9. The van der Waals surface area contributed by atoms with Gasteiger partial charge in [0.2, 0.25) is 0 Å². The largest absolute Gasteiger partial charge is 0.314 e. The highest BCUT2D eigenvalue weighted by Crippen LogP contribution is 2.17. The average molecular weight is 324 g/mol. The van der Waals surface area contributed by atoms with Crippen LogP contribution in [0.15, 0.2) is 30.6 Å². The molecule has 0 fully saturated rings. The number of aromatic nitrogens is 7. The second-order valence-corrected chi connectivity index (χ2v) is 6.09. The van der Waals surface area contributed by atoms with Crippen molar-refractivity contribution in [2.24, 2.45) is 0 Å². The van der Waals surface area contributed by atoms with Crippen LogP contribution in [0, 0.1) is 0 Å². The van der Waals surface area contributed by atoms with Crippen LogP contribution in [0.1, 0.15) is 43.0 Å². The van der Waals surface area contributed by atoms with E-state index in [9.17, 15) is 0 Å². The zero-order valence-corrected chi connectivity index (χ0v) is 13.6. The molecular formula is C16H20N8. The molecule has 0 aliphatic carbocycles. The van der Waals surface area contributed by atoms with Gasteiger partial charge in [0.05, 0.1) is 12.2 Å². The van der Waals surface area contributed by atoms with Crippen molar-refractivity contribution in [1.29, 1.82) is 0 Å². The fourth-order valence-corrected chi connectivity index (χ4v) is 3.06. The Balaban J connectivity index is 1.41. The summed E-state index contributed by atoms with van der Waals surface area (Å²) in [4.78, 5) is 0. The molecule has 3 heterocycles. The smallest absolute Gasteiger partial charge is 0.147 e. The lowest BCUT2D eigenvalue weighted by Gasteiger charge is -2.17. The summed E-state index contributed by atoms with van der Waals surface area (Å²) in [6.07, 6.45) is 5.06. The fourth-order valence-electron chi connectivity index (χ4n) is 3.06. The highest BCUT2D eigenvalue weighted by Gasteiger charge is 2.16. The zero-order valence-electron chi connectivity index (χ0n) is 13.6. The number of aryl methyl sites for hydroxylation is 1. The van der Waals surface area contributed by atoms with E-state index in [0.29, 0.717) is 0 Å². The Morgan fingerprint density at radius 2 is 2.04 bits per heavy atom. The molecule has 24 heavy (non-hydrogen) atoms. The van der Waals surface area contributed by atoms with E-state index < -0.39 is 0 Å². The van der Waals surface area contributed by atoms with E-state index in [1.807, 2.05) is 12.1 Å². The maximum Gasteiger partial charge on any atom is 0.147 e. The third-order valence-corrected chi connectivity index (χ3v) is 4.51. The van der Waals surface area contributed by atoms with E-state index in [0.717, 1.165) is 36.8 Å². The van der Waals surface area contributed by atoms with Crippen LogP contribution in [0.5, 0.6) is 0 Å². The van der Waals surface area contributed by atoms with E-state index in [1.165, 1.54) is 18.4 Å². The normalized spacial score (nSPS) is 15.2. The van der Waals surface area contributed by atoms with Crippen LogP contribution in [-0.2, 0) is 19.5 Å². The molecule has 1 atom stereocenters. The molecule has 0 spiro atoms. The van der Waals surface area contributed by atoms with Crippen molar-refractivity contribution < 1.29 is 0 Å². The number of nitrogens with zero attached hydrogens (tertiary/aromatic N) is 7. The van der Waals surface area contributed by atoms with Crippen LogP contribution in [0.25, 0.3) is 5.69 Å². The van der Waals surface area contributed by atoms with Crippen LogP contribution in [-0.4, -0.2) is 35.0 Å². The van der Waals surface area contributed by atoms with Gasteiger partial charge in [-0.2, -0.15) is 0 Å². The fraction of sp³-hybridized carbons (Fsp3) is 0.438. The number of hydrogen-bond acceptors (Lipinski definition) is 6. The van der Waals surface area contributed by atoms with Gasteiger partial charge in [0, 0.05) is 19.0 Å². The first-order valence-corrected chi connectivity index (χ1v) is 8.29. The molecule has 124 valence electrons. The Labute approximate surface area is 139 Å². The lowest BCUT2D eigenvalue weighted by molar-refractivity contribution is 0.484. The van der Waals surface area contributed by atoms with Crippen LogP contribution < -0.4 is 5.32 Å². The molecule has 0 radical (unpaired) electrons. The summed E-state index contributed by atoms with van der Waals surface area (Å²) in [6.45, 7) is 3.91. The summed E-state index contributed by atoms with van der Waals surface area (Å²) in [5.74, 6) is 2.15. The summed E-state index contributed by atoms with van der Waals surface area (Å²) < 4.78 is 3.90. The van der Waals surface area contributed by atoms with Crippen molar-refractivity contribution in [3.8, 4) is 5.69 Å². The van der Waals surface area contributed by atoms with Gasteiger partial charge >= 0.3 is 0 Å². The van der Waals surface area contributed by atoms with Gasteiger partial charge in [-0.05, 0) is 47.9 Å². The number of nitrogens with one attached hydrogen (secondary N) is 1. The Morgan fingerprint density at radius 1 is 1.17 bits per heavy atom. The molecule has 1 aliphatic heterocycles. The molecule has 4 rings (SSSR count). The lowest BCUT2D eigenvalue weighted by Crippen LogP contribution is -2.22. The van der Waals surface area contributed by atoms with Crippen LogP contribution in [0.3, 0.4) is 0 Å². The topological polar surface area (TPSA) is 86.3 Å². The minimum atomic E-state index is 0.226. The maximum absolute atomic E-state index is 4.34. The number of tetrazole rings is 1. The van der Waals surface area contributed by atoms with Gasteiger partial charge in [0.1, 0.15) is 18.0 Å². The first-order valence-electron chi connectivity index (χ1n) is 8.29. The summed E-state index contributed by atoms with van der Waals surface area (Å²) in [6, 6.07) is 8.44. The van der Waals surface area contributed by atoms with Gasteiger partial charge in [-0.25, -0.2) is 4.68 Å². The molecule has 0 bridgehead atoms. The van der Waals surface area contributed by atoms with Gasteiger partial charge in [-0.15, -0.1) is 15.3 Å². The van der Waals surface area contributed by atoms with Crippen molar-refractivity contribution in [3.05, 3.63) is 47.8 Å². The van der Waals surface area contributed by atoms with Gasteiger partial charge < -0.3 is 9.88 Å². The standard InChI is InChI=1S/C16H20N8/c1-12(13-5-7-14(8-6-13)24-11-18-21-22-24)17-10-16-20-19-15-4-2-3-9-23(15)16/h5-8,11-12,17H,2-4,9-10H2,1H3. The van der Waals surface area contributed by atoms with E-state index >= 15 is 0 Å². The Bertz CT molecular complexity index is 790. The predicted molar refractivity (Wildman–Crippen MR) is 87.4 cm³/mol. The molecule has 1 N–H and O–H groups in total. The summed E-state index contributed by atoms with van der Waals surface area (Å²) in [7, 11) is 0. The monoisotopic (exact) mass is 324 g/mol. The van der Waals surface area contributed by atoms with Crippen molar-refractivity contribution in [2.75, 3.05) is 0 Å². The Hall–Kier alpha value is -2.61. The van der Waals surface area contributed by atoms with Crippen molar-refractivity contribution in [3.63, 3.8) is 0 Å². The molecule has 0 amide bonds. The van der Waals surface area contributed by atoms with Crippen LogP contribution in [0.2, 0.25) is 0 Å². The second kappa shape index (κ2) is 6.48. The highest BCUT2D eigenvalue weighted by atomic mass is 15.5. The molecule has 0 saturated heterocycles. The average Bonchev–Trinajstić information content (AvgIpc) is 3.30. The van der Waals surface area contributed by atoms with E-state index in [4.69, 9.17) is 0 Å². The molecule has 1 unspecified atom stereocenters. The van der Waals surface area contributed by atoms with Crippen LogP contribution in [0.4, 0.5) is 0 Å². The number of rotatable bonds is 5. The van der Waals surface area contributed by atoms with Crippen LogP contribution >= 0.6 is 0 Å². The summed E-state index contributed by atoms with van der Waals surface area (Å²) >= 11 is 0. The second-order valence-electron chi connectivity index (χ2n) is 6.09. The van der Waals surface area contributed by atoms with E-state index in [1.54, 1.807) is 11.0 Å². The highest BCUT2D eigenvalue weighted by molar-refractivity contribution is 5.34. The minimum Gasteiger partial charge on any atom is -0.314 e. The molecule has 1 aliphatic rings. The third-order valence-electron chi connectivity index (χ3n) is 4.51. The summed E-state index contributed by atoms with van der Waals surface area (Å²) in [5.41, 5.74) is 2.16. The number of benzene rings is 1. The van der Waals surface area contributed by atoms with E-state index in [2.05, 4.69) is 54.7 Å². The Kier molecular flexibility index (Phi) is 4.04. The minimum absolute atomic E-state index is 0.226. The molecular weight excluding hydrogens is 304 g/mol. The van der Waals surface area contributed by atoms with Crippen molar-refractivity contribution in [2.45, 2.75) is 45.3 Å². The molecule has 3 aromatic rings. The zero-order chi connectivity index (χ0) is 16.4. The van der Waals surface area contributed by atoms with Gasteiger partial charge in [0.25, 0.3) is 0 Å². The molecule has 8 heteroatoms. The number of fused-ring (bicyclic) bond motifs is 1. The van der Waals surface area contributed by atoms with Gasteiger partial charge in [-0.1, -0.05) is 12.1 Å². The van der Waals surface area contributed by atoms with Gasteiger partial charge in [0.15, 0.2) is 0 Å². The SMILES string of the molecule is CC(NCc1nnc2n1CCCC2)c1ccc(-n2cnnn2)cc1. The molecule has 2 aromatic heterocycles. The summed E-state index contributed by atoms with van der Waals surface area (Å²) in [5, 5.41) is 23.4. The third kappa shape index (κ3) is 2.92. The first-order chi connectivity index (χ1) is 11.8. The van der Waals surface area contributed by atoms with Gasteiger partial charge in [-0.3, -0.25) is 0 Å².